The molecule has 7 heteroatoms. The predicted octanol–water partition coefficient (Wildman–Crippen LogP) is 3.01. The molecule has 0 bridgehead atoms. The minimum atomic E-state index is -3.35. The number of sulfonamides is 1. The van der Waals surface area contributed by atoms with Gasteiger partial charge in [-0.3, -0.25) is 9.52 Å². The monoisotopic (exact) mass is 387 g/mol. The average molecular weight is 388 g/mol. The van der Waals surface area contributed by atoms with Crippen molar-refractivity contribution in [3.05, 3.63) is 53.6 Å². The molecule has 2 aromatic carbocycles. The van der Waals surface area contributed by atoms with E-state index < -0.39 is 10.0 Å². The van der Waals surface area contributed by atoms with E-state index in [2.05, 4.69) is 17.0 Å². The molecule has 1 amide bonds. The first-order valence-corrected chi connectivity index (χ1v) is 11.0. The van der Waals surface area contributed by atoms with Gasteiger partial charge in [0.2, 0.25) is 15.9 Å². The number of fused-ring (bicyclic) bond motifs is 1. The zero-order chi connectivity index (χ0) is 19.4. The average Bonchev–Trinajstić information content (AvgIpc) is 2.61. The Morgan fingerprint density at radius 3 is 2.59 bits per heavy atom. The van der Waals surface area contributed by atoms with Crippen LogP contribution < -0.4 is 14.9 Å². The number of carbonyl (C=O) groups excluding carboxylic acids is 1. The van der Waals surface area contributed by atoms with E-state index in [9.17, 15) is 13.2 Å². The number of nitrogens with zero attached hydrogens (tertiary/aromatic N) is 1. The Hall–Kier alpha value is -2.54. The molecule has 0 spiro atoms. The summed E-state index contributed by atoms with van der Waals surface area (Å²) in [4.78, 5) is 14.6. The third-order valence-electron chi connectivity index (χ3n) is 4.65. The van der Waals surface area contributed by atoms with Crippen molar-refractivity contribution in [2.75, 3.05) is 34.3 Å². The van der Waals surface area contributed by atoms with Gasteiger partial charge in [0, 0.05) is 17.9 Å². The molecule has 3 rings (SSSR count). The van der Waals surface area contributed by atoms with Crippen LogP contribution in [0, 0.1) is 0 Å². The van der Waals surface area contributed by atoms with E-state index in [4.69, 9.17) is 0 Å². The van der Waals surface area contributed by atoms with Crippen molar-refractivity contribution in [1.29, 1.82) is 0 Å². The third-order valence-corrected chi connectivity index (χ3v) is 5.24. The maximum atomic E-state index is 12.6. The van der Waals surface area contributed by atoms with E-state index >= 15 is 0 Å². The van der Waals surface area contributed by atoms with Crippen LogP contribution in [0.2, 0.25) is 0 Å². The van der Waals surface area contributed by atoms with Gasteiger partial charge in [0.05, 0.1) is 18.5 Å². The van der Waals surface area contributed by atoms with Crippen LogP contribution in [0.1, 0.15) is 24.5 Å². The summed E-state index contributed by atoms with van der Waals surface area (Å²) < 4.78 is 25.8. The minimum Gasteiger partial charge on any atom is -0.362 e. The highest BCUT2D eigenvalue weighted by Gasteiger charge is 2.22. The molecule has 0 saturated heterocycles. The van der Waals surface area contributed by atoms with Crippen molar-refractivity contribution in [1.82, 2.24) is 0 Å². The van der Waals surface area contributed by atoms with Gasteiger partial charge >= 0.3 is 0 Å². The fraction of sp³-hybridized carbons (Fsp3) is 0.350. The number of hydrogen-bond donors (Lipinski definition) is 2. The number of carbonyl (C=O) groups is 1. The summed E-state index contributed by atoms with van der Waals surface area (Å²) in [7, 11) is -3.35. The maximum Gasteiger partial charge on any atom is 0.243 e. The first-order chi connectivity index (χ1) is 12.9. The first-order valence-electron chi connectivity index (χ1n) is 9.10. The molecular formula is C20H25N3O3S. The summed E-state index contributed by atoms with van der Waals surface area (Å²) in [5.41, 5.74) is 4.39. The van der Waals surface area contributed by atoms with Crippen molar-refractivity contribution < 1.29 is 13.2 Å². The highest BCUT2D eigenvalue weighted by Crippen LogP contribution is 2.33. The van der Waals surface area contributed by atoms with Crippen LogP contribution in [-0.2, 0) is 27.7 Å². The molecule has 0 radical (unpaired) electrons. The normalized spacial score (nSPS) is 13.8. The minimum absolute atomic E-state index is 0.0785. The van der Waals surface area contributed by atoms with E-state index in [1.54, 1.807) is 6.07 Å². The Labute approximate surface area is 160 Å². The largest absolute Gasteiger partial charge is 0.362 e. The van der Waals surface area contributed by atoms with Gasteiger partial charge < -0.3 is 10.2 Å². The van der Waals surface area contributed by atoms with Crippen LogP contribution in [0.4, 0.5) is 17.1 Å². The smallest absolute Gasteiger partial charge is 0.243 e. The molecule has 0 saturated carbocycles. The summed E-state index contributed by atoms with van der Waals surface area (Å²) in [6, 6.07) is 13.3. The second-order valence-corrected chi connectivity index (χ2v) is 8.51. The molecule has 1 heterocycles. The second kappa shape index (κ2) is 8.00. The number of nitrogens with one attached hydrogen (secondary N) is 2. The quantitative estimate of drug-likeness (QED) is 0.799. The lowest BCUT2D eigenvalue weighted by molar-refractivity contribution is -0.115. The van der Waals surface area contributed by atoms with Crippen molar-refractivity contribution in [2.24, 2.45) is 0 Å². The lowest BCUT2D eigenvalue weighted by atomic mass is 10.00. The number of hydrogen-bond acceptors (Lipinski definition) is 4. The van der Waals surface area contributed by atoms with Gasteiger partial charge in [0.25, 0.3) is 0 Å². The summed E-state index contributed by atoms with van der Waals surface area (Å²) in [6.07, 6.45) is 3.65. The molecule has 27 heavy (non-hydrogen) atoms. The molecule has 2 N–H and O–H groups in total. The Morgan fingerprint density at radius 2 is 1.85 bits per heavy atom. The summed E-state index contributed by atoms with van der Waals surface area (Å²) in [6.45, 7) is 3.05. The topological polar surface area (TPSA) is 78.5 Å². The zero-order valence-corrected chi connectivity index (χ0v) is 16.5. The number of aryl methyl sites for hydroxylation is 1. The van der Waals surface area contributed by atoms with Crippen LogP contribution in [0.3, 0.4) is 0 Å². The molecule has 144 valence electrons. The fourth-order valence-corrected chi connectivity index (χ4v) is 4.06. The lowest BCUT2D eigenvalue weighted by Crippen LogP contribution is -2.37. The highest BCUT2D eigenvalue weighted by atomic mass is 32.2. The molecule has 0 unspecified atom stereocenters. The fourth-order valence-electron chi connectivity index (χ4n) is 3.47. The van der Waals surface area contributed by atoms with E-state index in [0.717, 1.165) is 54.6 Å². The molecule has 2 aromatic rings. The zero-order valence-electron chi connectivity index (χ0n) is 15.7. The van der Waals surface area contributed by atoms with E-state index in [0.29, 0.717) is 5.69 Å². The van der Waals surface area contributed by atoms with Crippen molar-refractivity contribution in [2.45, 2.75) is 26.2 Å². The second-order valence-electron chi connectivity index (χ2n) is 6.76. The Bertz CT molecular complexity index is 941. The van der Waals surface area contributed by atoms with E-state index in [1.807, 2.05) is 41.3 Å². The van der Waals surface area contributed by atoms with Crippen molar-refractivity contribution in [3.63, 3.8) is 0 Å². The highest BCUT2D eigenvalue weighted by molar-refractivity contribution is 7.92. The van der Waals surface area contributed by atoms with Gasteiger partial charge in [0.15, 0.2) is 0 Å². The molecule has 1 aliphatic rings. The molecule has 1 aliphatic heterocycles. The van der Waals surface area contributed by atoms with Gasteiger partial charge in [-0.05, 0) is 48.6 Å². The van der Waals surface area contributed by atoms with Crippen LogP contribution in [0.5, 0.6) is 0 Å². The number of amides is 1. The molecule has 0 atom stereocenters. The van der Waals surface area contributed by atoms with Gasteiger partial charge in [-0.2, -0.15) is 0 Å². The maximum absolute atomic E-state index is 12.6. The van der Waals surface area contributed by atoms with Gasteiger partial charge in [-0.1, -0.05) is 31.2 Å². The Kier molecular flexibility index (Phi) is 5.70. The predicted molar refractivity (Wildman–Crippen MR) is 110 cm³/mol. The number of anilines is 3. The molecule has 6 nitrogen and oxygen atoms in total. The van der Waals surface area contributed by atoms with Crippen molar-refractivity contribution >= 4 is 33.0 Å². The van der Waals surface area contributed by atoms with Gasteiger partial charge in [-0.25, -0.2) is 8.42 Å². The Morgan fingerprint density at radius 1 is 1.11 bits per heavy atom. The number of rotatable bonds is 6. The van der Waals surface area contributed by atoms with Gasteiger partial charge in [-0.15, -0.1) is 0 Å². The van der Waals surface area contributed by atoms with Crippen LogP contribution in [0.15, 0.2) is 42.5 Å². The summed E-state index contributed by atoms with van der Waals surface area (Å²) >= 11 is 0. The lowest BCUT2D eigenvalue weighted by Gasteiger charge is -2.32. The van der Waals surface area contributed by atoms with E-state index in [-0.39, 0.29) is 12.5 Å². The van der Waals surface area contributed by atoms with Gasteiger partial charge in [0.1, 0.15) is 0 Å². The molecule has 0 aromatic heterocycles. The Balaban J connectivity index is 1.78. The van der Waals surface area contributed by atoms with Crippen LogP contribution in [0.25, 0.3) is 0 Å². The number of benzene rings is 2. The van der Waals surface area contributed by atoms with E-state index in [1.165, 1.54) is 0 Å². The molecule has 0 fully saturated rings. The van der Waals surface area contributed by atoms with Crippen LogP contribution in [-0.4, -0.2) is 33.7 Å². The number of para-hydroxylation sites is 1. The summed E-state index contributed by atoms with van der Waals surface area (Å²) in [5.74, 6) is -0.0785. The van der Waals surface area contributed by atoms with Crippen molar-refractivity contribution in [3.8, 4) is 0 Å². The first kappa shape index (κ1) is 19.2. The standard InChI is InChI=1S/C20H25N3O3S/c1-3-15-8-4-5-10-17(15)21-20(24)14-23-13-7-9-16-18(22-27(2,25)26)11-6-12-19(16)23/h4-6,8,10-12,22H,3,7,9,13-14H2,1-2H3,(H,21,24). The molecule has 0 aliphatic carbocycles. The van der Waals surface area contributed by atoms with Crippen LogP contribution >= 0.6 is 0 Å². The third kappa shape index (κ3) is 4.80. The SMILES string of the molecule is CCc1ccccc1NC(=O)CN1CCCc2c(NS(C)(=O)=O)cccc21. The molecular weight excluding hydrogens is 362 g/mol. The summed E-state index contributed by atoms with van der Waals surface area (Å²) in [5, 5.41) is 3.00.